The summed E-state index contributed by atoms with van der Waals surface area (Å²) in [6, 6.07) is 6.20. The Balaban J connectivity index is 2.27. The van der Waals surface area contributed by atoms with Crippen molar-refractivity contribution < 1.29 is 13.2 Å². The molecule has 20 heavy (non-hydrogen) atoms. The molecule has 1 heterocycles. The molecule has 0 fully saturated rings. The van der Waals surface area contributed by atoms with Crippen LogP contribution in [0.3, 0.4) is 0 Å². The maximum absolute atomic E-state index is 12.4. The number of H-pyrrole nitrogens is 1. The Morgan fingerprint density at radius 2 is 2.10 bits per heavy atom. The first kappa shape index (κ1) is 14.5. The number of methoxy groups -OCH3 is 1. The molecular weight excluding hydrogens is 278 g/mol. The number of hydrogen-bond acceptors (Lipinski definition) is 4. The lowest BCUT2D eigenvalue weighted by Gasteiger charge is -2.14. The van der Waals surface area contributed by atoms with Gasteiger partial charge < -0.3 is 4.74 Å². The molecule has 0 saturated heterocycles. The van der Waals surface area contributed by atoms with Crippen molar-refractivity contribution in [1.82, 2.24) is 14.9 Å². The van der Waals surface area contributed by atoms with E-state index in [0.717, 1.165) is 0 Å². The number of nitrogens with one attached hydrogen (secondary N) is 2. The topological polar surface area (TPSA) is 84.1 Å². The molecule has 0 spiro atoms. The first-order chi connectivity index (χ1) is 9.44. The van der Waals surface area contributed by atoms with Gasteiger partial charge in [0.15, 0.2) is 0 Å². The predicted molar refractivity (Wildman–Crippen MR) is 75.1 cm³/mol. The summed E-state index contributed by atoms with van der Waals surface area (Å²) in [4.78, 5) is 0.240. The molecule has 108 valence electrons. The number of nitrogens with zero attached hydrogens (tertiary/aromatic N) is 1. The average molecular weight is 295 g/mol. The highest BCUT2D eigenvalue weighted by atomic mass is 32.2. The number of aryl methyl sites for hydroxylation is 1. The zero-order valence-corrected chi connectivity index (χ0v) is 12.4. The molecule has 0 unspecified atom stereocenters. The van der Waals surface area contributed by atoms with Gasteiger partial charge in [-0.2, -0.15) is 5.10 Å². The second kappa shape index (κ2) is 5.64. The number of sulfonamides is 1. The van der Waals surface area contributed by atoms with Gasteiger partial charge in [-0.05, 0) is 43.7 Å². The standard InChI is InChI=1S/C13H17N3O3S/c1-9-8-11(19-3)4-5-13(9)20(17,18)16-10(2)12-6-7-14-15-12/h4-8,10,16H,1-3H3,(H,14,15)/t10-/m1/s1. The van der Waals surface area contributed by atoms with Crippen molar-refractivity contribution in [1.29, 1.82) is 0 Å². The highest BCUT2D eigenvalue weighted by molar-refractivity contribution is 7.89. The van der Waals surface area contributed by atoms with Crippen LogP contribution in [0.4, 0.5) is 0 Å². The number of aromatic amines is 1. The molecule has 6 nitrogen and oxygen atoms in total. The zero-order valence-electron chi connectivity index (χ0n) is 11.5. The molecule has 7 heteroatoms. The fourth-order valence-corrected chi connectivity index (χ4v) is 3.37. The van der Waals surface area contributed by atoms with Gasteiger partial charge in [-0.1, -0.05) is 0 Å². The molecule has 0 aliphatic rings. The van der Waals surface area contributed by atoms with E-state index >= 15 is 0 Å². The minimum atomic E-state index is -3.59. The lowest BCUT2D eigenvalue weighted by Crippen LogP contribution is -2.27. The van der Waals surface area contributed by atoms with E-state index < -0.39 is 10.0 Å². The fourth-order valence-electron chi connectivity index (χ4n) is 1.92. The van der Waals surface area contributed by atoms with Crippen LogP contribution < -0.4 is 9.46 Å². The quantitative estimate of drug-likeness (QED) is 0.880. The van der Waals surface area contributed by atoms with E-state index in [1.165, 1.54) is 6.07 Å². The Morgan fingerprint density at radius 3 is 2.65 bits per heavy atom. The van der Waals surface area contributed by atoms with Gasteiger partial charge in [-0.15, -0.1) is 0 Å². The highest BCUT2D eigenvalue weighted by Crippen LogP contribution is 2.22. The van der Waals surface area contributed by atoms with Crippen molar-refractivity contribution >= 4 is 10.0 Å². The van der Waals surface area contributed by atoms with E-state index in [1.807, 2.05) is 0 Å². The molecule has 1 atom stereocenters. The van der Waals surface area contributed by atoms with E-state index in [1.54, 1.807) is 45.4 Å². The normalized spacial score (nSPS) is 13.2. The van der Waals surface area contributed by atoms with Gasteiger partial charge in [0.2, 0.25) is 10.0 Å². The number of ether oxygens (including phenoxy) is 1. The molecule has 2 aromatic rings. The van der Waals surface area contributed by atoms with E-state index in [2.05, 4.69) is 14.9 Å². The Morgan fingerprint density at radius 1 is 1.35 bits per heavy atom. The van der Waals surface area contributed by atoms with Crippen LogP contribution in [0.25, 0.3) is 0 Å². The van der Waals surface area contributed by atoms with Crippen molar-refractivity contribution in [2.24, 2.45) is 0 Å². The second-order valence-corrected chi connectivity index (χ2v) is 6.17. The zero-order chi connectivity index (χ0) is 14.8. The smallest absolute Gasteiger partial charge is 0.241 e. The summed E-state index contributed by atoms with van der Waals surface area (Å²) in [6.45, 7) is 3.49. The van der Waals surface area contributed by atoms with Crippen molar-refractivity contribution in [3.8, 4) is 5.75 Å². The molecule has 0 amide bonds. The summed E-state index contributed by atoms with van der Waals surface area (Å²) in [5, 5.41) is 6.56. The summed E-state index contributed by atoms with van der Waals surface area (Å²) >= 11 is 0. The maximum Gasteiger partial charge on any atom is 0.241 e. The third kappa shape index (κ3) is 3.00. The number of benzene rings is 1. The van der Waals surface area contributed by atoms with Crippen molar-refractivity contribution in [3.05, 3.63) is 41.7 Å². The molecular formula is C13H17N3O3S. The molecule has 2 N–H and O–H groups in total. The minimum Gasteiger partial charge on any atom is -0.497 e. The largest absolute Gasteiger partial charge is 0.497 e. The molecule has 0 aliphatic heterocycles. The van der Waals surface area contributed by atoms with Gasteiger partial charge in [0, 0.05) is 6.20 Å². The van der Waals surface area contributed by atoms with E-state index in [-0.39, 0.29) is 10.9 Å². The van der Waals surface area contributed by atoms with Crippen molar-refractivity contribution in [2.45, 2.75) is 24.8 Å². The Labute approximate surface area is 118 Å². The lowest BCUT2D eigenvalue weighted by molar-refractivity contribution is 0.414. The van der Waals surface area contributed by atoms with Crippen LogP contribution in [0, 0.1) is 6.92 Å². The van der Waals surface area contributed by atoms with Crippen LogP contribution >= 0.6 is 0 Å². The molecule has 1 aromatic carbocycles. The first-order valence-electron chi connectivity index (χ1n) is 6.10. The molecule has 2 rings (SSSR count). The molecule has 1 aromatic heterocycles. The van der Waals surface area contributed by atoms with Crippen LogP contribution in [-0.4, -0.2) is 25.7 Å². The summed E-state index contributed by atoms with van der Waals surface area (Å²) in [6.07, 6.45) is 1.58. The summed E-state index contributed by atoms with van der Waals surface area (Å²) in [5.41, 5.74) is 1.34. The summed E-state index contributed by atoms with van der Waals surface area (Å²) in [7, 11) is -2.05. The Bertz CT molecular complexity index is 681. The van der Waals surface area contributed by atoms with Crippen LogP contribution in [0.5, 0.6) is 5.75 Å². The van der Waals surface area contributed by atoms with E-state index in [4.69, 9.17) is 4.74 Å². The Kier molecular flexibility index (Phi) is 4.10. The van der Waals surface area contributed by atoms with Gasteiger partial charge in [0.1, 0.15) is 5.75 Å². The van der Waals surface area contributed by atoms with Gasteiger partial charge in [0.05, 0.1) is 23.7 Å². The molecule has 0 aliphatic carbocycles. The van der Waals surface area contributed by atoms with Gasteiger partial charge in [0.25, 0.3) is 0 Å². The summed E-state index contributed by atoms with van der Waals surface area (Å²) in [5.74, 6) is 0.628. The predicted octanol–water partition coefficient (Wildman–Crippen LogP) is 1.77. The SMILES string of the molecule is COc1ccc(S(=O)(=O)N[C@H](C)c2ccn[nH]2)c(C)c1. The van der Waals surface area contributed by atoms with E-state index in [0.29, 0.717) is 17.0 Å². The fraction of sp³-hybridized carbons (Fsp3) is 0.308. The third-order valence-corrected chi connectivity index (χ3v) is 4.69. The lowest BCUT2D eigenvalue weighted by atomic mass is 10.2. The third-order valence-electron chi connectivity index (χ3n) is 2.99. The van der Waals surface area contributed by atoms with E-state index in [9.17, 15) is 8.42 Å². The van der Waals surface area contributed by atoms with Crippen LogP contribution in [0.15, 0.2) is 35.4 Å². The Hall–Kier alpha value is -1.86. The van der Waals surface area contributed by atoms with Crippen LogP contribution in [0.1, 0.15) is 24.2 Å². The molecule has 0 saturated carbocycles. The van der Waals surface area contributed by atoms with Gasteiger partial charge in [-0.25, -0.2) is 13.1 Å². The maximum atomic E-state index is 12.4. The van der Waals surface area contributed by atoms with Crippen LogP contribution in [0.2, 0.25) is 0 Å². The average Bonchev–Trinajstić information content (AvgIpc) is 2.91. The monoisotopic (exact) mass is 295 g/mol. The highest BCUT2D eigenvalue weighted by Gasteiger charge is 2.21. The van der Waals surface area contributed by atoms with Gasteiger partial charge >= 0.3 is 0 Å². The molecule has 0 radical (unpaired) electrons. The first-order valence-corrected chi connectivity index (χ1v) is 7.58. The van der Waals surface area contributed by atoms with Crippen molar-refractivity contribution in [2.75, 3.05) is 7.11 Å². The van der Waals surface area contributed by atoms with Crippen molar-refractivity contribution in [3.63, 3.8) is 0 Å². The minimum absolute atomic E-state index is 0.240. The second-order valence-electron chi connectivity index (χ2n) is 4.49. The number of rotatable bonds is 5. The van der Waals surface area contributed by atoms with Gasteiger partial charge in [-0.3, -0.25) is 5.10 Å². The van der Waals surface area contributed by atoms with Crippen LogP contribution in [-0.2, 0) is 10.0 Å². The number of aromatic nitrogens is 2. The summed E-state index contributed by atoms with van der Waals surface area (Å²) < 4.78 is 32.4. The number of hydrogen-bond donors (Lipinski definition) is 2. The molecule has 0 bridgehead atoms.